The summed E-state index contributed by atoms with van der Waals surface area (Å²) in [5, 5.41) is 0. The third-order valence-corrected chi connectivity index (χ3v) is 1.06. The molecule has 0 saturated heterocycles. The fraction of sp³-hybridized carbons (Fsp3) is 0.667. The molecule has 3 nitrogen and oxygen atoms in total. The summed E-state index contributed by atoms with van der Waals surface area (Å²) in [4.78, 5) is 3.76. The molecule has 3 heteroatoms. The van der Waals surface area contributed by atoms with E-state index in [0.717, 1.165) is 0 Å². The van der Waals surface area contributed by atoms with Gasteiger partial charge in [0, 0.05) is 19.3 Å². The van der Waals surface area contributed by atoms with Crippen LogP contribution in [-0.4, -0.2) is 19.9 Å². The zero-order chi connectivity index (χ0) is 9.61. The molecule has 0 rings (SSSR count). The van der Waals surface area contributed by atoms with Gasteiger partial charge in [0.25, 0.3) is 0 Å². The third-order valence-electron chi connectivity index (χ3n) is 1.06. The van der Waals surface area contributed by atoms with Gasteiger partial charge in [0.1, 0.15) is 0 Å². The standard InChI is InChI=1S/C9H18N2O/c1-9(2,3)7-12-8(10)5-6-11-4/h5-6H,7,10H2,1-4H3. The minimum Gasteiger partial charge on any atom is -0.479 e. The number of rotatable bonds is 3. The molecule has 0 bridgehead atoms. The van der Waals surface area contributed by atoms with Crippen LogP contribution in [0.3, 0.4) is 0 Å². The Morgan fingerprint density at radius 1 is 1.50 bits per heavy atom. The lowest BCUT2D eigenvalue weighted by molar-refractivity contribution is 0.126. The van der Waals surface area contributed by atoms with Crippen LogP contribution in [0.15, 0.2) is 17.0 Å². The molecule has 0 saturated carbocycles. The van der Waals surface area contributed by atoms with Crippen molar-refractivity contribution >= 4 is 6.21 Å². The maximum atomic E-state index is 5.51. The number of hydrogen-bond acceptors (Lipinski definition) is 3. The smallest absolute Gasteiger partial charge is 0.185 e. The highest BCUT2D eigenvalue weighted by Gasteiger charge is 2.10. The van der Waals surface area contributed by atoms with Gasteiger partial charge in [-0.1, -0.05) is 20.8 Å². The van der Waals surface area contributed by atoms with Crippen LogP contribution in [0.25, 0.3) is 0 Å². The maximum Gasteiger partial charge on any atom is 0.185 e. The summed E-state index contributed by atoms with van der Waals surface area (Å²) >= 11 is 0. The van der Waals surface area contributed by atoms with E-state index in [1.54, 1.807) is 19.3 Å². The molecule has 0 aliphatic carbocycles. The van der Waals surface area contributed by atoms with Crippen LogP contribution >= 0.6 is 0 Å². The molecule has 0 radical (unpaired) electrons. The molecule has 0 heterocycles. The second-order valence-corrected chi connectivity index (χ2v) is 3.83. The predicted octanol–water partition coefficient (Wildman–Crippen LogP) is 1.55. The van der Waals surface area contributed by atoms with E-state index < -0.39 is 0 Å². The van der Waals surface area contributed by atoms with E-state index in [4.69, 9.17) is 10.5 Å². The van der Waals surface area contributed by atoms with Gasteiger partial charge in [-0.25, -0.2) is 0 Å². The Hall–Kier alpha value is -0.990. The van der Waals surface area contributed by atoms with Gasteiger partial charge in [-0.3, -0.25) is 4.99 Å². The minimum atomic E-state index is 0.141. The highest BCUT2D eigenvalue weighted by atomic mass is 16.5. The Balaban J connectivity index is 3.79. The summed E-state index contributed by atoms with van der Waals surface area (Å²) in [5.74, 6) is 0.413. The van der Waals surface area contributed by atoms with Crippen molar-refractivity contribution in [3.63, 3.8) is 0 Å². The second kappa shape index (κ2) is 4.80. The van der Waals surface area contributed by atoms with E-state index in [1.807, 2.05) is 0 Å². The van der Waals surface area contributed by atoms with Crippen LogP contribution in [0.2, 0.25) is 0 Å². The molecule has 0 aliphatic heterocycles. The lowest BCUT2D eigenvalue weighted by atomic mass is 9.99. The molecule has 0 aliphatic rings. The van der Waals surface area contributed by atoms with Crippen LogP contribution in [0.5, 0.6) is 0 Å². The van der Waals surface area contributed by atoms with Gasteiger partial charge < -0.3 is 10.5 Å². The fourth-order valence-corrected chi connectivity index (χ4v) is 0.496. The summed E-state index contributed by atoms with van der Waals surface area (Å²) in [6, 6.07) is 0. The van der Waals surface area contributed by atoms with Gasteiger partial charge in [0.2, 0.25) is 0 Å². The van der Waals surface area contributed by atoms with E-state index >= 15 is 0 Å². The Labute approximate surface area is 74.3 Å². The Morgan fingerprint density at radius 3 is 2.50 bits per heavy atom. The lowest BCUT2D eigenvalue weighted by Gasteiger charge is -2.18. The summed E-state index contributed by atoms with van der Waals surface area (Å²) in [6.07, 6.45) is 3.25. The average molecular weight is 170 g/mol. The molecule has 70 valence electrons. The lowest BCUT2D eigenvalue weighted by Crippen LogP contribution is -2.17. The van der Waals surface area contributed by atoms with Crippen molar-refractivity contribution in [2.24, 2.45) is 16.1 Å². The zero-order valence-electron chi connectivity index (χ0n) is 8.29. The summed E-state index contributed by atoms with van der Waals surface area (Å²) in [5.41, 5.74) is 5.66. The molecule has 0 aromatic rings. The van der Waals surface area contributed by atoms with Crippen LogP contribution in [-0.2, 0) is 4.74 Å². The number of aliphatic imine (C=N–C) groups is 1. The van der Waals surface area contributed by atoms with Crippen molar-refractivity contribution < 1.29 is 4.74 Å². The molecule has 0 unspecified atom stereocenters. The summed E-state index contributed by atoms with van der Waals surface area (Å²) in [7, 11) is 1.69. The van der Waals surface area contributed by atoms with Crippen LogP contribution < -0.4 is 5.73 Å². The Kier molecular flexibility index (Phi) is 4.40. The van der Waals surface area contributed by atoms with E-state index in [1.165, 1.54) is 0 Å². The van der Waals surface area contributed by atoms with Crippen molar-refractivity contribution in [2.75, 3.05) is 13.7 Å². The molecule has 12 heavy (non-hydrogen) atoms. The average Bonchev–Trinajstić information content (AvgIpc) is 1.95. The maximum absolute atomic E-state index is 5.51. The molecule has 0 fully saturated rings. The van der Waals surface area contributed by atoms with Crippen molar-refractivity contribution in [3.8, 4) is 0 Å². The Morgan fingerprint density at radius 2 is 2.08 bits per heavy atom. The predicted molar refractivity (Wildman–Crippen MR) is 52.1 cm³/mol. The van der Waals surface area contributed by atoms with Gasteiger partial charge in [0.05, 0.1) is 6.61 Å². The monoisotopic (exact) mass is 170 g/mol. The van der Waals surface area contributed by atoms with Crippen molar-refractivity contribution in [2.45, 2.75) is 20.8 Å². The van der Waals surface area contributed by atoms with Gasteiger partial charge in [-0.15, -0.1) is 0 Å². The van der Waals surface area contributed by atoms with Crippen LogP contribution in [0.4, 0.5) is 0 Å². The number of ether oxygens (including phenoxy) is 1. The van der Waals surface area contributed by atoms with E-state index in [2.05, 4.69) is 25.8 Å². The van der Waals surface area contributed by atoms with E-state index in [9.17, 15) is 0 Å². The van der Waals surface area contributed by atoms with Crippen LogP contribution in [0.1, 0.15) is 20.8 Å². The largest absolute Gasteiger partial charge is 0.479 e. The van der Waals surface area contributed by atoms with Gasteiger partial charge >= 0.3 is 0 Å². The number of hydrogen-bond donors (Lipinski definition) is 1. The zero-order valence-corrected chi connectivity index (χ0v) is 8.29. The van der Waals surface area contributed by atoms with Crippen molar-refractivity contribution in [1.29, 1.82) is 0 Å². The van der Waals surface area contributed by atoms with Gasteiger partial charge in [-0.05, 0) is 5.41 Å². The topological polar surface area (TPSA) is 47.6 Å². The molecular weight excluding hydrogens is 152 g/mol. The molecule has 0 aromatic carbocycles. The first-order valence-corrected chi connectivity index (χ1v) is 3.96. The summed E-state index contributed by atoms with van der Waals surface area (Å²) in [6.45, 7) is 6.89. The second-order valence-electron chi connectivity index (χ2n) is 3.83. The Bertz CT molecular complexity index is 177. The number of allylic oxidation sites excluding steroid dienone is 1. The molecule has 2 N–H and O–H groups in total. The highest BCUT2D eigenvalue weighted by molar-refractivity contribution is 5.71. The molecule has 0 amide bonds. The first-order chi connectivity index (χ1) is 5.45. The highest BCUT2D eigenvalue weighted by Crippen LogP contribution is 2.13. The van der Waals surface area contributed by atoms with Crippen molar-refractivity contribution in [1.82, 2.24) is 0 Å². The van der Waals surface area contributed by atoms with E-state index in [-0.39, 0.29) is 5.41 Å². The molecule has 0 atom stereocenters. The first kappa shape index (κ1) is 11.0. The third kappa shape index (κ3) is 7.12. The molecule has 0 aromatic heterocycles. The van der Waals surface area contributed by atoms with Gasteiger partial charge in [-0.2, -0.15) is 0 Å². The van der Waals surface area contributed by atoms with Gasteiger partial charge in [0.15, 0.2) is 5.88 Å². The summed E-state index contributed by atoms with van der Waals surface area (Å²) < 4.78 is 5.26. The number of nitrogens with two attached hydrogens (primary N) is 1. The first-order valence-electron chi connectivity index (χ1n) is 3.96. The SMILES string of the molecule is CN=CC=C(N)OCC(C)(C)C. The number of nitrogens with zero attached hydrogens (tertiary/aromatic N) is 1. The molecular formula is C9H18N2O. The normalized spacial score (nSPS) is 13.8. The van der Waals surface area contributed by atoms with Crippen molar-refractivity contribution in [3.05, 3.63) is 12.0 Å². The quantitative estimate of drug-likeness (QED) is 0.516. The fourth-order valence-electron chi connectivity index (χ4n) is 0.496. The van der Waals surface area contributed by atoms with E-state index in [0.29, 0.717) is 12.5 Å². The minimum absolute atomic E-state index is 0.141. The van der Waals surface area contributed by atoms with Crippen LogP contribution in [0, 0.1) is 5.41 Å². The molecule has 0 spiro atoms.